The fourth-order valence-electron chi connectivity index (χ4n) is 13.3. The molecule has 0 spiro atoms. The van der Waals surface area contributed by atoms with Gasteiger partial charge in [-0.05, 0) is 98.8 Å². The molecule has 113 heavy (non-hydrogen) atoms. The van der Waals surface area contributed by atoms with Gasteiger partial charge in [0, 0.05) is 53.6 Å². The van der Waals surface area contributed by atoms with Crippen LogP contribution in [-0.4, -0.2) is 278 Å². The van der Waals surface area contributed by atoms with E-state index < -0.39 is 138 Å². The van der Waals surface area contributed by atoms with Gasteiger partial charge in [-0.3, -0.25) is 53.7 Å². The Bertz CT molecular complexity index is 3380. The Morgan fingerprint density at radius 1 is 0.664 bits per heavy atom. The van der Waals surface area contributed by atoms with Crippen molar-refractivity contribution in [1.29, 1.82) is 0 Å². The number of aliphatic hydroxyl groups is 1. The number of nitrogens with two attached hydrogens (primary N) is 2. The SMILES string of the molecule is CC[C@H](C)[C@@H]([C@@H](CC(=O)N1CCC[C@H]1[C@H](OC)[C@@H](C)C(=O)N[C@H](C)[C@@H](O)c1ccccc1)OC)N(C)C(=O)[C@@H](NC(=O)[C@H](C(C)C)N(C)C(=O)OCc1ccc(NC(=O)[C@H](CCCNC(N)=O)NC(=O)[C@@H](NC(=O)[C@@H](N)CCCCNC(=O)c2cnnn2CCOCCOCCOCCOCCN(O)O)C(C)C)cc1)C(C)C. The number of hydrogen-bond donors (Lipinski definition) is 12. The molecule has 0 unspecified atom stereocenters. The molecule has 2 aromatic carbocycles. The van der Waals surface area contributed by atoms with Crippen molar-refractivity contribution in [2.75, 3.05) is 113 Å². The molecule has 0 saturated carbocycles. The van der Waals surface area contributed by atoms with Crippen molar-refractivity contribution >= 4 is 65.1 Å². The zero-order valence-corrected chi connectivity index (χ0v) is 68.3. The summed E-state index contributed by atoms with van der Waals surface area (Å²) in [6.45, 7) is 21.0. The van der Waals surface area contributed by atoms with Gasteiger partial charge in [0.25, 0.3) is 5.91 Å². The number of nitrogens with one attached hydrogen (secondary N) is 7. The van der Waals surface area contributed by atoms with Crippen molar-refractivity contribution < 1.29 is 96.6 Å². The van der Waals surface area contributed by atoms with Crippen LogP contribution in [0.2, 0.25) is 0 Å². The number of methoxy groups -OCH3 is 2. The second kappa shape index (κ2) is 51.3. The predicted octanol–water partition coefficient (Wildman–Crippen LogP) is 3.26. The van der Waals surface area contributed by atoms with Gasteiger partial charge >= 0.3 is 12.1 Å². The van der Waals surface area contributed by atoms with Crippen LogP contribution in [0.5, 0.6) is 0 Å². The highest BCUT2D eigenvalue weighted by Gasteiger charge is 2.44. The van der Waals surface area contributed by atoms with Gasteiger partial charge in [-0.15, -0.1) is 5.10 Å². The van der Waals surface area contributed by atoms with E-state index in [-0.39, 0.29) is 100 Å². The summed E-state index contributed by atoms with van der Waals surface area (Å²) in [6.07, 6.45) is 1.22. The normalized spacial score (nSPS) is 16.2. The zero-order chi connectivity index (χ0) is 83.9. The molecule has 14 N–H and O–H groups in total. The van der Waals surface area contributed by atoms with E-state index in [0.29, 0.717) is 95.1 Å². The molecule has 4 rings (SSSR count). The van der Waals surface area contributed by atoms with Crippen LogP contribution < -0.4 is 48.7 Å². The molecule has 36 heteroatoms. The highest BCUT2D eigenvalue weighted by atomic mass is 16.8. The summed E-state index contributed by atoms with van der Waals surface area (Å²) >= 11 is 0. The molecule has 1 aliphatic rings. The van der Waals surface area contributed by atoms with Gasteiger partial charge in [0.2, 0.25) is 41.4 Å². The lowest BCUT2D eigenvalue weighted by molar-refractivity contribution is -0.310. The molecule has 13 atom stereocenters. The molecular weight excluding hydrogens is 1470 g/mol. The number of unbranched alkanes of at least 4 members (excludes halogenated alkanes) is 1. The number of amides is 11. The van der Waals surface area contributed by atoms with Gasteiger partial charge in [-0.25, -0.2) is 14.3 Å². The van der Waals surface area contributed by atoms with Gasteiger partial charge in [-0.1, -0.05) is 122 Å². The third-order valence-electron chi connectivity index (χ3n) is 19.9. The molecule has 0 bridgehead atoms. The maximum absolute atomic E-state index is 14.9. The van der Waals surface area contributed by atoms with E-state index in [4.69, 9.17) is 55.0 Å². The Balaban J connectivity index is 1.29. The van der Waals surface area contributed by atoms with Gasteiger partial charge in [-0.2, -0.15) is 0 Å². The maximum Gasteiger partial charge on any atom is 0.410 e. The van der Waals surface area contributed by atoms with E-state index in [9.17, 15) is 53.1 Å². The number of benzene rings is 2. The number of aromatic nitrogens is 3. The number of primary amides is 1. The standard InChI is InChI=1S/C77H128N16O20/c1-15-51(8)66(61(107-13)45-62(94)91-34-22-27-59(91)68(108-14)52(9)69(96)83-53(10)67(95)55-23-17-16-18-24-55)89(11)75(102)64(49(4)5)87-74(101)65(50(6)7)90(12)77(104)113-47-54-28-30-56(31-29-54)84-71(98)58(26-21-33-81-76(79)103)85-73(100)63(48(2)3)86-70(97)57(78)25-19-20-32-80-72(99)60-46-82-88-92(60)35-37-109-39-41-111-43-44-112-42-40-110-38-36-93(105)106/h16-18,23-24,28-31,46,48-53,57-59,61,63-68,95,105-106H,15,19-22,25-27,32-45,47,78H2,1-14H3,(H,80,99)(H,83,96)(H,84,98)(H,85,100)(H,86,97)(H,87,101)(H3,79,81,103)/t51-,52+,53+,57-,58-,59-,61+,63-,64-,65-,66-,67+,68+/m0/s1. The number of carbonyl (C=O) groups excluding carboxylic acids is 10. The number of carbonyl (C=O) groups is 10. The van der Waals surface area contributed by atoms with Crippen LogP contribution in [0, 0.1) is 29.6 Å². The third kappa shape index (κ3) is 32.7. The molecule has 0 radical (unpaired) electrons. The lowest BCUT2D eigenvalue weighted by Gasteiger charge is -2.41. The number of anilines is 1. The summed E-state index contributed by atoms with van der Waals surface area (Å²) in [4.78, 5) is 142. The van der Waals surface area contributed by atoms with E-state index in [0.717, 1.165) is 0 Å². The number of hydroxylamine groups is 2. The molecule has 36 nitrogen and oxygen atoms in total. The number of likely N-dealkylation sites (tertiary alicyclic amines) is 1. The number of urea groups is 1. The minimum Gasteiger partial charge on any atom is -0.445 e. The molecule has 11 amide bonds. The molecule has 0 aliphatic carbocycles. The van der Waals surface area contributed by atoms with E-state index in [1.165, 1.54) is 37.0 Å². The largest absolute Gasteiger partial charge is 0.445 e. The molecule has 636 valence electrons. The minimum atomic E-state index is -1.17. The first-order valence-corrected chi connectivity index (χ1v) is 39.1. The zero-order valence-electron chi connectivity index (χ0n) is 68.3. The topological polar surface area (TPSA) is 476 Å². The van der Waals surface area contributed by atoms with E-state index in [1.54, 1.807) is 109 Å². The lowest BCUT2D eigenvalue weighted by Crippen LogP contribution is -2.60. The van der Waals surface area contributed by atoms with Crippen LogP contribution in [-0.2, 0) is 79.9 Å². The highest BCUT2D eigenvalue weighted by molar-refractivity contribution is 5.99. The van der Waals surface area contributed by atoms with Crippen molar-refractivity contribution in [2.45, 2.75) is 207 Å². The summed E-state index contributed by atoms with van der Waals surface area (Å²) in [5.41, 5.74) is 13.3. The fraction of sp³-hybridized carbons (Fsp3) is 0.688. The van der Waals surface area contributed by atoms with Gasteiger partial charge in [0.05, 0.1) is 127 Å². The van der Waals surface area contributed by atoms with Crippen molar-refractivity contribution in [3.8, 4) is 0 Å². The van der Waals surface area contributed by atoms with Crippen LogP contribution in [0.15, 0.2) is 60.8 Å². The molecule has 2 heterocycles. The lowest BCUT2D eigenvalue weighted by atomic mass is 9.89. The van der Waals surface area contributed by atoms with Gasteiger partial charge < -0.3 is 96.7 Å². The third-order valence-corrected chi connectivity index (χ3v) is 19.9. The number of likely N-dealkylation sites (N-methyl/N-ethyl adjacent to an activating group) is 2. The van der Waals surface area contributed by atoms with Crippen LogP contribution in [0.3, 0.4) is 0 Å². The summed E-state index contributed by atoms with van der Waals surface area (Å²) in [5.74, 6) is -6.17. The number of rotatable bonds is 54. The number of nitrogens with zero attached hydrogens (tertiary/aromatic N) is 7. The molecule has 1 aromatic heterocycles. The van der Waals surface area contributed by atoms with Gasteiger partial charge in [0.15, 0.2) is 0 Å². The highest BCUT2D eigenvalue weighted by Crippen LogP contribution is 2.31. The minimum absolute atomic E-state index is 0.0406. The number of hydrogen-bond acceptors (Lipinski definition) is 24. The molecule has 1 saturated heterocycles. The maximum atomic E-state index is 14.9. The van der Waals surface area contributed by atoms with Crippen molar-refractivity contribution in [2.24, 2.45) is 41.1 Å². The number of ether oxygens (including phenoxy) is 7. The fourth-order valence-corrected chi connectivity index (χ4v) is 13.3. The summed E-state index contributed by atoms with van der Waals surface area (Å²) in [6, 6.07) is 7.40. The average molecular weight is 1600 g/mol. The van der Waals surface area contributed by atoms with E-state index in [2.05, 4.69) is 47.5 Å². The smallest absolute Gasteiger partial charge is 0.410 e. The average Bonchev–Trinajstić information content (AvgIpc) is 1.72. The van der Waals surface area contributed by atoms with E-state index >= 15 is 0 Å². The molecule has 1 fully saturated rings. The quantitative estimate of drug-likeness (QED) is 0.0285. The van der Waals surface area contributed by atoms with Crippen molar-refractivity contribution in [1.82, 2.24) is 66.8 Å². The molecule has 1 aliphatic heterocycles. The van der Waals surface area contributed by atoms with Crippen molar-refractivity contribution in [3.05, 3.63) is 77.6 Å². The van der Waals surface area contributed by atoms with Crippen LogP contribution >= 0.6 is 0 Å². The second-order valence-corrected chi connectivity index (χ2v) is 29.5. The van der Waals surface area contributed by atoms with Crippen molar-refractivity contribution in [3.63, 3.8) is 0 Å². The Morgan fingerprint density at radius 2 is 1.27 bits per heavy atom. The second-order valence-electron chi connectivity index (χ2n) is 29.5. The van der Waals surface area contributed by atoms with E-state index in [1.807, 2.05) is 32.0 Å². The Morgan fingerprint density at radius 3 is 1.86 bits per heavy atom. The van der Waals surface area contributed by atoms with Crippen LogP contribution in [0.1, 0.15) is 155 Å². The first-order valence-electron chi connectivity index (χ1n) is 39.1. The summed E-state index contributed by atoms with van der Waals surface area (Å²) in [7, 11) is 6.06. The summed E-state index contributed by atoms with van der Waals surface area (Å²) in [5, 5.41) is 55.6. The Hall–Kier alpha value is -8.56. The van der Waals surface area contributed by atoms with Crippen LogP contribution in [0.4, 0.5) is 15.3 Å². The van der Waals surface area contributed by atoms with Gasteiger partial charge in [0.1, 0.15) is 36.5 Å². The first-order chi connectivity index (χ1) is 53.8. The molecule has 3 aromatic rings. The Kier molecular flexibility index (Phi) is 44.0. The molecular formula is C77H128N16O20. The predicted molar refractivity (Wildman–Crippen MR) is 417 cm³/mol. The first kappa shape index (κ1) is 96.8. The monoisotopic (exact) mass is 1600 g/mol. The number of aliphatic hydroxyl groups excluding tert-OH is 1. The Labute approximate surface area is 664 Å². The van der Waals surface area contributed by atoms with Crippen LogP contribution in [0.25, 0.3) is 0 Å². The summed E-state index contributed by atoms with van der Waals surface area (Å²) < 4.78 is 40.9.